The van der Waals surface area contributed by atoms with Crippen LogP contribution in [-0.4, -0.2) is 31.8 Å². The Morgan fingerprint density at radius 1 is 1.42 bits per heavy atom. The molecule has 0 unspecified atom stereocenters. The van der Waals surface area contributed by atoms with Crippen LogP contribution in [0.25, 0.3) is 0 Å². The molecule has 1 fully saturated rings. The fraction of sp³-hybridized carbons (Fsp3) is 0.412. The van der Waals surface area contributed by atoms with Crippen LogP contribution in [0.1, 0.15) is 38.2 Å². The number of aryl methyl sites for hydroxylation is 1. The largest absolute Gasteiger partial charge is 0.342 e. The summed E-state index contributed by atoms with van der Waals surface area (Å²) in [4.78, 5) is 20.5. The lowest BCUT2D eigenvalue weighted by atomic mass is 10.1. The Morgan fingerprint density at radius 3 is 2.50 bits per heavy atom. The van der Waals surface area contributed by atoms with E-state index in [9.17, 15) is 10.1 Å². The van der Waals surface area contributed by atoms with E-state index >= 15 is 0 Å². The molecule has 0 aliphatic carbocycles. The molecule has 140 valence electrons. The van der Waals surface area contributed by atoms with Gasteiger partial charge < -0.3 is 9.40 Å². The van der Waals surface area contributed by atoms with Gasteiger partial charge in [0.1, 0.15) is 10.9 Å². The van der Waals surface area contributed by atoms with Crippen LogP contribution < -0.4 is 0 Å². The van der Waals surface area contributed by atoms with Gasteiger partial charge in [0, 0.05) is 30.6 Å². The van der Waals surface area contributed by atoms with Gasteiger partial charge in [0.05, 0.1) is 10.6 Å². The van der Waals surface area contributed by atoms with Crippen LogP contribution in [0.2, 0.25) is 0 Å². The molecule has 0 bridgehead atoms. The minimum absolute atomic E-state index is 0.116. The zero-order chi connectivity index (χ0) is 19.4. The third-order valence-electron chi connectivity index (χ3n) is 3.68. The summed E-state index contributed by atoms with van der Waals surface area (Å²) in [7, 11) is 1.77. The first-order chi connectivity index (χ1) is 12.2. The van der Waals surface area contributed by atoms with E-state index in [0.29, 0.717) is 11.1 Å². The summed E-state index contributed by atoms with van der Waals surface area (Å²) in [6, 6.07) is 6.73. The number of non-ortho nitro benzene ring substituents is 1. The number of nitrogens with zero attached hydrogens (tertiary/aromatic N) is 4. The zero-order valence-electron chi connectivity index (χ0n) is 15.4. The minimum atomic E-state index is -0.365. The monoisotopic (exact) mass is 394 g/mol. The third-order valence-corrected chi connectivity index (χ3v) is 5.13. The van der Waals surface area contributed by atoms with Crippen LogP contribution in [0, 0.1) is 17.0 Å². The predicted octanol–water partition coefficient (Wildman–Crippen LogP) is 4.54. The molecule has 0 radical (unpaired) electrons. The molecule has 7 nitrogen and oxygen atoms in total. The van der Waals surface area contributed by atoms with Crippen molar-refractivity contribution in [3.05, 3.63) is 45.9 Å². The number of thiocarbonyl (C=S) groups is 1. The quantitative estimate of drug-likeness (QED) is 0.319. The summed E-state index contributed by atoms with van der Waals surface area (Å²) in [5.74, 6) is 1.30. The lowest BCUT2D eigenvalue weighted by Crippen LogP contribution is -1.99. The van der Waals surface area contributed by atoms with Crippen molar-refractivity contribution < 1.29 is 9.76 Å². The van der Waals surface area contributed by atoms with Gasteiger partial charge in [-0.3, -0.25) is 10.1 Å². The van der Waals surface area contributed by atoms with Crippen molar-refractivity contribution in [3.63, 3.8) is 0 Å². The average Bonchev–Trinajstić information content (AvgIpc) is 3.13. The van der Waals surface area contributed by atoms with Crippen LogP contribution in [0.4, 0.5) is 5.69 Å². The Hall–Kier alpha value is -2.13. The van der Waals surface area contributed by atoms with Crippen molar-refractivity contribution in [1.82, 2.24) is 14.6 Å². The maximum atomic E-state index is 10.9. The number of nitro groups is 1. The summed E-state index contributed by atoms with van der Waals surface area (Å²) in [6.07, 6.45) is 0. The van der Waals surface area contributed by atoms with Crippen molar-refractivity contribution >= 4 is 34.8 Å². The molecule has 0 saturated carbocycles. The highest BCUT2D eigenvalue weighted by atomic mass is 32.2. The highest BCUT2D eigenvalue weighted by Gasteiger charge is 2.21. The summed E-state index contributed by atoms with van der Waals surface area (Å²) >= 11 is 6.02. The van der Waals surface area contributed by atoms with E-state index in [1.807, 2.05) is 13.0 Å². The van der Waals surface area contributed by atoms with Crippen LogP contribution in [0.3, 0.4) is 0 Å². The molecule has 3 rings (SSSR count). The molecule has 0 amide bonds. The van der Waals surface area contributed by atoms with Crippen molar-refractivity contribution in [2.45, 2.75) is 50.1 Å². The number of nitro benzene ring substituents is 1. The molecule has 26 heavy (non-hydrogen) atoms. The summed E-state index contributed by atoms with van der Waals surface area (Å²) in [5.41, 5.74) is 1.16. The highest BCUT2D eigenvalue weighted by Crippen LogP contribution is 2.35. The molecule has 2 aromatic rings. The lowest BCUT2D eigenvalue weighted by molar-refractivity contribution is -0.385. The van der Waals surface area contributed by atoms with Crippen molar-refractivity contribution in [1.29, 1.82) is 0 Å². The van der Waals surface area contributed by atoms with Crippen LogP contribution >= 0.6 is 24.0 Å². The molecule has 1 aromatic carbocycles. The van der Waals surface area contributed by atoms with Crippen molar-refractivity contribution in [2.24, 2.45) is 0 Å². The van der Waals surface area contributed by atoms with Crippen molar-refractivity contribution in [3.8, 4) is 0 Å². The molecule has 2 heterocycles. The van der Waals surface area contributed by atoms with Gasteiger partial charge in [-0.25, -0.2) is 4.98 Å². The van der Waals surface area contributed by atoms with Gasteiger partial charge in [-0.2, -0.15) is 5.06 Å². The van der Waals surface area contributed by atoms with Crippen LogP contribution in [0.5, 0.6) is 0 Å². The molecule has 0 atom stereocenters. The number of hydrogen-bond donors (Lipinski definition) is 0. The van der Waals surface area contributed by atoms with E-state index in [1.165, 1.54) is 11.1 Å². The van der Waals surface area contributed by atoms with Gasteiger partial charge in [0.2, 0.25) is 0 Å². The number of aromatic nitrogens is 2. The topological polar surface area (TPSA) is 76.5 Å². The molecule has 1 aromatic heterocycles. The predicted molar refractivity (Wildman–Crippen MR) is 105 cm³/mol. The molecule has 0 N–H and O–H groups in total. The van der Waals surface area contributed by atoms with Crippen LogP contribution in [-0.2, 0) is 11.4 Å². The number of imidazole rings is 1. The first-order valence-electron chi connectivity index (χ1n) is 8.19. The summed E-state index contributed by atoms with van der Waals surface area (Å²) in [5, 5.41) is 14.1. The highest BCUT2D eigenvalue weighted by molar-refractivity contribution is 7.99. The molecule has 0 spiro atoms. The van der Waals surface area contributed by atoms with Crippen molar-refractivity contribution in [2.75, 3.05) is 7.05 Å². The Labute approximate surface area is 162 Å². The van der Waals surface area contributed by atoms with E-state index in [1.54, 1.807) is 30.9 Å². The first-order valence-corrected chi connectivity index (χ1v) is 9.42. The van der Waals surface area contributed by atoms with Gasteiger partial charge in [0.15, 0.2) is 0 Å². The second-order valence-electron chi connectivity index (χ2n) is 5.96. The van der Waals surface area contributed by atoms with Gasteiger partial charge in [-0.05, 0) is 38.0 Å². The fourth-order valence-electron chi connectivity index (χ4n) is 2.29. The van der Waals surface area contributed by atoms with Gasteiger partial charge >= 0.3 is 5.17 Å². The zero-order valence-corrected chi connectivity index (χ0v) is 17.1. The third kappa shape index (κ3) is 4.95. The molecular formula is C17H22N4O3S2. The molecule has 1 aliphatic rings. The van der Waals surface area contributed by atoms with E-state index < -0.39 is 0 Å². The van der Waals surface area contributed by atoms with Crippen LogP contribution in [0.15, 0.2) is 34.2 Å². The number of hydroxylamine groups is 2. The maximum absolute atomic E-state index is 10.9. The second kappa shape index (κ2) is 8.50. The van der Waals surface area contributed by atoms with Gasteiger partial charge in [-0.15, -0.1) is 0 Å². The smallest absolute Gasteiger partial charge is 0.322 e. The minimum Gasteiger partial charge on any atom is -0.342 e. The van der Waals surface area contributed by atoms with E-state index in [0.717, 1.165) is 28.0 Å². The Morgan fingerprint density at radius 2 is 2.04 bits per heavy atom. The normalized spacial score (nSPS) is 12.5. The van der Waals surface area contributed by atoms with E-state index in [4.69, 9.17) is 0 Å². The average molecular weight is 395 g/mol. The number of benzene rings is 1. The van der Waals surface area contributed by atoms with E-state index in [-0.39, 0.29) is 10.6 Å². The summed E-state index contributed by atoms with van der Waals surface area (Å²) in [6.45, 7) is 9.13. The maximum Gasteiger partial charge on any atom is 0.322 e. The standard InChI is InChI=1S/C15H19N3O2S.C2H3NOS/c1-5-17-11(4)16-14(10(2)3)15(17)21-13-8-6-7-12(9-13)18(19)20;1-3-2(5)4-3/h6-10H,5H2,1-4H3;1H3. The molecular weight excluding hydrogens is 372 g/mol. The van der Waals surface area contributed by atoms with Gasteiger partial charge in [-0.1, -0.05) is 31.7 Å². The fourth-order valence-corrected chi connectivity index (χ4v) is 3.71. The molecule has 1 saturated heterocycles. The SMILES string of the molecule is CCn1c(C)nc(C(C)C)c1Sc1cccc([N+](=O)[O-])c1.CN1OC1=S. The lowest BCUT2D eigenvalue weighted by Gasteiger charge is -2.10. The second-order valence-corrected chi connectivity index (χ2v) is 7.37. The number of hydrogen-bond acceptors (Lipinski definition) is 6. The Bertz CT molecular complexity index is 820. The Balaban J connectivity index is 0.000000417. The summed E-state index contributed by atoms with van der Waals surface area (Å²) < 4.78 is 2.15. The van der Waals surface area contributed by atoms with Gasteiger partial charge in [0.25, 0.3) is 5.69 Å². The number of rotatable bonds is 5. The molecule has 9 heteroatoms. The van der Waals surface area contributed by atoms with E-state index in [2.05, 4.69) is 47.4 Å². The Kier molecular flexibility index (Phi) is 6.60. The molecule has 1 aliphatic heterocycles. The first kappa shape index (κ1) is 20.2.